The first kappa shape index (κ1) is 14.0. The van der Waals surface area contributed by atoms with E-state index in [0.717, 1.165) is 34.4 Å². The van der Waals surface area contributed by atoms with Gasteiger partial charge in [-0.05, 0) is 12.8 Å². The van der Waals surface area contributed by atoms with Crippen LogP contribution >= 0.6 is 12.2 Å². The SMILES string of the molecule is CCC(CC)c1cc2nc(-c3ccccc3)cc(=S)n2[nH]1. The molecule has 1 N–H and O–H groups in total. The van der Waals surface area contributed by atoms with Crippen molar-refractivity contribution < 1.29 is 0 Å². The summed E-state index contributed by atoms with van der Waals surface area (Å²) in [6.07, 6.45) is 2.23. The largest absolute Gasteiger partial charge is 0.295 e. The Morgan fingerprint density at radius 1 is 1.14 bits per heavy atom. The molecule has 2 aromatic heterocycles. The Morgan fingerprint density at radius 2 is 1.86 bits per heavy atom. The summed E-state index contributed by atoms with van der Waals surface area (Å²) < 4.78 is 2.66. The second-order valence-corrected chi connectivity index (χ2v) is 5.68. The number of aromatic amines is 1. The van der Waals surface area contributed by atoms with Crippen molar-refractivity contribution in [2.45, 2.75) is 32.6 Å². The molecule has 3 rings (SSSR count). The van der Waals surface area contributed by atoms with E-state index in [-0.39, 0.29) is 0 Å². The van der Waals surface area contributed by atoms with E-state index < -0.39 is 0 Å². The van der Waals surface area contributed by atoms with E-state index in [0.29, 0.717) is 5.92 Å². The first-order valence-electron chi connectivity index (χ1n) is 7.41. The highest BCUT2D eigenvalue weighted by Gasteiger charge is 2.12. The third-order valence-electron chi connectivity index (χ3n) is 3.97. The molecule has 0 saturated heterocycles. The lowest BCUT2D eigenvalue weighted by molar-refractivity contribution is 0.616. The number of fused-ring (bicyclic) bond motifs is 1. The number of hydrogen-bond acceptors (Lipinski definition) is 2. The summed E-state index contributed by atoms with van der Waals surface area (Å²) in [4.78, 5) is 4.74. The molecular formula is C17H19N3S. The van der Waals surface area contributed by atoms with Crippen molar-refractivity contribution in [3.05, 3.63) is 52.8 Å². The molecule has 0 aliphatic heterocycles. The van der Waals surface area contributed by atoms with Crippen molar-refractivity contribution >= 4 is 17.9 Å². The smallest absolute Gasteiger partial charge is 0.155 e. The van der Waals surface area contributed by atoms with Crippen molar-refractivity contribution in [3.63, 3.8) is 0 Å². The van der Waals surface area contributed by atoms with Crippen molar-refractivity contribution in [2.75, 3.05) is 0 Å². The molecule has 0 bridgehead atoms. The van der Waals surface area contributed by atoms with Crippen molar-refractivity contribution in [1.82, 2.24) is 14.6 Å². The molecule has 3 nitrogen and oxygen atoms in total. The first-order chi connectivity index (χ1) is 10.2. The van der Waals surface area contributed by atoms with Gasteiger partial charge in [-0.3, -0.25) is 5.10 Å². The predicted octanol–water partition coefficient (Wildman–Crippen LogP) is 4.96. The summed E-state index contributed by atoms with van der Waals surface area (Å²) in [5.74, 6) is 0.529. The molecule has 0 atom stereocenters. The number of hydrogen-bond donors (Lipinski definition) is 1. The number of benzene rings is 1. The van der Waals surface area contributed by atoms with Gasteiger partial charge in [-0.1, -0.05) is 56.4 Å². The van der Waals surface area contributed by atoms with Crippen molar-refractivity contribution in [2.24, 2.45) is 0 Å². The lowest BCUT2D eigenvalue weighted by atomic mass is 10.00. The Labute approximate surface area is 129 Å². The molecule has 0 saturated carbocycles. The highest BCUT2D eigenvalue weighted by atomic mass is 32.1. The van der Waals surface area contributed by atoms with Gasteiger partial charge >= 0.3 is 0 Å². The molecule has 1 aromatic carbocycles. The third kappa shape index (κ3) is 2.63. The summed E-state index contributed by atoms with van der Waals surface area (Å²) in [5.41, 5.74) is 4.12. The van der Waals surface area contributed by atoms with E-state index >= 15 is 0 Å². The van der Waals surface area contributed by atoms with Gasteiger partial charge in [-0.15, -0.1) is 0 Å². The van der Waals surface area contributed by atoms with E-state index in [2.05, 4.69) is 37.1 Å². The lowest BCUT2D eigenvalue weighted by Gasteiger charge is -2.08. The molecule has 0 amide bonds. The maximum Gasteiger partial charge on any atom is 0.155 e. The molecule has 108 valence electrons. The molecule has 3 aromatic rings. The second kappa shape index (κ2) is 5.82. The Kier molecular flexibility index (Phi) is 3.88. The maximum atomic E-state index is 5.51. The fourth-order valence-corrected chi connectivity index (χ4v) is 2.95. The Balaban J connectivity index is 2.14. The minimum absolute atomic E-state index is 0.529. The molecule has 21 heavy (non-hydrogen) atoms. The highest BCUT2D eigenvalue weighted by molar-refractivity contribution is 7.71. The van der Waals surface area contributed by atoms with Crippen LogP contribution in [-0.4, -0.2) is 14.6 Å². The van der Waals surface area contributed by atoms with Crippen LogP contribution in [0.1, 0.15) is 38.3 Å². The van der Waals surface area contributed by atoms with Crippen LogP contribution < -0.4 is 0 Å². The average molecular weight is 297 g/mol. The van der Waals surface area contributed by atoms with Crippen LogP contribution in [0.25, 0.3) is 16.9 Å². The molecule has 0 spiro atoms. The number of aromatic nitrogens is 3. The molecule has 2 heterocycles. The van der Waals surface area contributed by atoms with E-state index in [1.165, 1.54) is 5.69 Å². The predicted molar refractivity (Wildman–Crippen MR) is 89.1 cm³/mol. The van der Waals surface area contributed by atoms with Crippen LogP contribution in [0.2, 0.25) is 0 Å². The summed E-state index contributed by atoms with van der Waals surface area (Å²) in [6.45, 7) is 4.42. The van der Waals surface area contributed by atoms with Gasteiger partial charge in [0.25, 0.3) is 0 Å². The standard InChI is InChI=1S/C17H19N3S/c1-3-12(4-2)15-10-16-18-14(11-17(21)20(16)19-15)13-8-6-5-7-9-13/h5-12,19H,3-4H2,1-2H3. The van der Waals surface area contributed by atoms with Crippen LogP contribution in [-0.2, 0) is 0 Å². The fraction of sp³-hybridized carbons (Fsp3) is 0.294. The van der Waals surface area contributed by atoms with Gasteiger partial charge in [0.15, 0.2) is 5.65 Å². The molecular weight excluding hydrogens is 278 g/mol. The van der Waals surface area contributed by atoms with Gasteiger partial charge in [-0.2, -0.15) is 0 Å². The Morgan fingerprint density at radius 3 is 2.52 bits per heavy atom. The highest BCUT2D eigenvalue weighted by Crippen LogP contribution is 2.24. The quantitative estimate of drug-likeness (QED) is 0.690. The minimum atomic E-state index is 0.529. The van der Waals surface area contributed by atoms with Gasteiger partial charge in [0.1, 0.15) is 4.64 Å². The fourth-order valence-electron chi connectivity index (χ4n) is 2.70. The first-order valence-corrected chi connectivity index (χ1v) is 7.82. The molecule has 4 heteroatoms. The van der Waals surface area contributed by atoms with E-state index in [1.807, 2.05) is 28.8 Å². The van der Waals surface area contributed by atoms with Crippen molar-refractivity contribution in [3.8, 4) is 11.3 Å². The van der Waals surface area contributed by atoms with Crippen molar-refractivity contribution in [1.29, 1.82) is 0 Å². The lowest BCUT2D eigenvalue weighted by Crippen LogP contribution is -1.98. The Hall–Kier alpha value is -1.94. The van der Waals surface area contributed by atoms with Gasteiger partial charge in [0.05, 0.1) is 5.69 Å². The van der Waals surface area contributed by atoms with E-state index in [4.69, 9.17) is 17.2 Å². The van der Waals surface area contributed by atoms with Gasteiger partial charge < -0.3 is 0 Å². The minimum Gasteiger partial charge on any atom is -0.295 e. The van der Waals surface area contributed by atoms with Gasteiger partial charge in [0, 0.05) is 29.3 Å². The monoisotopic (exact) mass is 297 g/mol. The van der Waals surface area contributed by atoms with E-state index in [1.54, 1.807) is 0 Å². The molecule has 0 aliphatic carbocycles. The molecule has 0 unspecified atom stereocenters. The summed E-state index contributed by atoms with van der Waals surface area (Å²) in [7, 11) is 0. The van der Waals surface area contributed by atoms with Crippen LogP contribution in [0, 0.1) is 4.64 Å². The number of rotatable bonds is 4. The zero-order valence-corrected chi connectivity index (χ0v) is 13.2. The number of nitrogens with one attached hydrogen (secondary N) is 1. The number of H-pyrrole nitrogens is 1. The zero-order chi connectivity index (χ0) is 14.8. The topological polar surface area (TPSA) is 33.1 Å². The van der Waals surface area contributed by atoms with Gasteiger partial charge in [0.2, 0.25) is 0 Å². The molecule has 0 fully saturated rings. The van der Waals surface area contributed by atoms with E-state index in [9.17, 15) is 0 Å². The van der Waals surface area contributed by atoms with Crippen LogP contribution in [0.15, 0.2) is 42.5 Å². The maximum absolute atomic E-state index is 5.51. The molecule has 0 radical (unpaired) electrons. The number of nitrogens with zero attached hydrogens (tertiary/aromatic N) is 2. The summed E-state index contributed by atoms with van der Waals surface area (Å²) in [5, 5.41) is 3.39. The normalized spacial score (nSPS) is 11.4. The van der Waals surface area contributed by atoms with Crippen LogP contribution in [0.4, 0.5) is 0 Å². The van der Waals surface area contributed by atoms with Crippen LogP contribution in [0.3, 0.4) is 0 Å². The summed E-state index contributed by atoms with van der Waals surface area (Å²) >= 11 is 5.51. The van der Waals surface area contributed by atoms with Crippen LogP contribution in [0.5, 0.6) is 0 Å². The second-order valence-electron chi connectivity index (χ2n) is 5.26. The average Bonchev–Trinajstić information content (AvgIpc) is 2.94. The Bertz CT molecular complexity index is 798. The third-order valence-corrected chi connectivity index (χ3v) is 4.27. The van der Waals surface area contributed by atoms with Gasteiger partial charge in [-0.25, -0.2) is 9.50 Å². The zero-order valence-electron chi connectivity index (χ0n) is 12.3. The molecule has 0 aliphatic rings. The summed E-state index contributed by atoms with van der Waals surface area (Å²) in [6, 6.07) is 14.2.